The number of nitrogens with zero attached hydrogens (tertiary/aromatic N) is 1. The summed E-state index contributed by atoms with van der Waals surface area (Å²) in [5, 5.41) is 3.80. The highest BCUT2D eigenvalue weighted by atomic mass is 16.6. The van der Waals surface area contributed by atoms with Crippen molar-refractivity contribution in [3.8, 4) is 11.5 Å². The molecule has 0 aliphatic heterocycles. The Balaban J connectivity index is 2.20. The molecule has 1 rings (SSSR count). The second kappa shape index (κ2) is 14.7. The summed E-state index contributed by atoms with van der Waals surface area (Å²) < 4.78 is 17.3. The molecule has 0 fully saturated rings. The number of rotatable bonds is 14. The number of aryl methyl sites for hydroxylation is 2. The number of ether oxygens (including phenoxy) is 3. The zero-order valence-corrected chi connectivity index (χ0v) is 18.0. The summed E-state index contributed by atoms with van der Waals surface area (Å²) >= 11 is 0. The van der Waals surface area contributed by atoms with Crippen LogP contribution in [0.1, 0.15) is 44.2 Å². The number of benzene rings is 1. The van der Waals surface area contributed by atoms with E-state index >= 15 is 0 Å². The normalized spacial score (nSPS) is 12.1. The van der Waals surface area contributed by atoms with Crippen molar-refractivity contribution in [3.05, 3.63) is 47.6 Å². The van der Waals surface area contributed by atoms with Crippen LogP contribution in [0.4, 0.5) is 0 Å². The Kier molecular flexibility index (Phi) is 12.5. The third-order valence-electron chi connectivity index (χ3n) is 4.00. The van der Waals surface area contributed by atoms with Gasteiger partial charge < -0.3 is 19.0 Å². The van der Waals surface area contributed by atoms with Crippen LogP contribution in [0.2, 0.25) is 0 Å². The van der Waals surface area contributed by atoms with Gasteiger partial charge in [0.25, 0.3) is 0 Å². The Labute approximate surface area is 170 Å². The van der Waals surface area contributed by atoms with E-state index in [2.05, 4.69) is 23.8 Å². The van der Waals surface area contributed by atoms with Gasteiger partial charge in [-0.1, -0.05) is 23.4 Å². The van der Waals surface area contributed by atoms with E-state index in [0.29, 0.717) is 19.8 Å². The third-order valence-corrected chi connectivity index (χ3v) is 4.00. The topological polar surface area (TPSA) is 49.3 Å². The Morgan fingerprint density at radius 2 is 1.68 bits per heavy atom. The molecular formula is C23H35NO4. The monoisotopic (exact) mass is 389 g/mol. The van der Waals surface area contributed by atoms with E-state index in [1.54, 1.807) is 0 Å². The van der Waals surface area contributed by atoms with Gasteiger partial charge in [0, 0.05) is 6.61 Å². The number of allylic oxidation sites excluding steroid dienone is 2. The predicted octanol–water partition coefficient (Wildman–Crippen LogP) is 5.40. The van der Waals surface area contributed by atoms with Crippen molar-refractivity contribution in [1.82, 2.24) is 0 Å². The first kappa shape index (κ1) is 23.8. The maximum absolute atomic E-state index is 6.00. The first-order chi connectivity index (χ1) is 13.6. The van der Waals surface area contributed by atoms with E-state index in [0.717, 1.165) is 54.2 Å². The maximum Gasteiger partial charge on any atom is 0.125 e. The molecule has 1 aromatic rings. The van der Waals surface area contributed by atoms with Crippen LogP contribution >= 0.6 is 0 Å². The third kappa shape index (κ3) is 10.2. The molecule has 0 N–H and O–H groups in total. The SMILES string of the molecule is C/C=C/COc1cc(C)c(OCCCCCOC/C=C/C(C)=N/OC)c(C)c1. The van der Waals surface area contributed by atoms with Gasteiger partial charge in [0.05, 0.1) is 18.9 Å². The highest BCUT2D eigenvalue weighted by molar-refractivity contribution is 5.92. The van der Waals surface area contributed by atoms with Crippen LogP contribution in [-0.4, -0.2) is 39.2 Å². The molecule has 0 saturated heterocycles. The maximum atomic E-state index is 6.00. The van der Waals surface area contributed by atoms with Crippen LogP contribution in [0.15, 0.2) is 41.6 Å². The summed E-state index contributed by atoms with van der Waals surface area (Å²) in [6.07, 6.45) is 10.9. The second-order valence-corrected chi connectivity index (χ2v) is 6.57. The fourth-order valence-electron chi connectivity index (χ4n) is 2.66. The van der Waals surface area contributed by atoms with Crippen molar-refractivity contribution in [2.75, 3.05) is 33.5 Å². The van der Waals surface area contributed by atoms with Crippen molar-refractivity contribution in [1.29, 1.82) is 0 Å². The second-order valence-electron chi connectivity index (χ2n) is 6.57. The molecule has 1 aromatic carbocycles. The fraction of sp³-hybridized carbons (Fsp3) is 0.522. The van der Waals surface area contributed by atoms with Crippen LogP contribution in [-0.2, 0) is 9.57 Å². The average Bonchev–Trinajstić information content (AvgIpc) is 2.65. The van der Waals surface area contributed by atoms with Crippen molar-refractivity contribution in [2.45, 2.75) is 47.0 Å². The molecule has 0 amide bonds. The van der Waals surface area contributed by atoms with Gasteiger partial charge >= 0.3 is 0 Å². The fourth-order valence-corrected chi connectivity index (χ4v) is 2.66. The molecule has 0 spiro atoms. The van der Waals surface area contributed by atoms with Gasteiger partial charge in [-0.2, -0.15) is 0 Å². The van der Waals surface area contributed by atoms with Gasteiger partial charge in [0.2, 0.25) is 0 Å². The quantitative estimate of drug-likeness (QED) is 0.185. The first-order valence-corrected chi connectivity index (χ1v) is 9.88. The molecule has 0 heterocycles. The summed E-state index contributed by atoms with van der Waals surface area (Å²) in [5.41, 5.74) is 3.04. The smallest absolute Gasteiger partial charge is 0.125 e. The predicted molar refractivity (Wildman–Crippen MR) is 116 cm³/mol. The Morgan fingerprint density at radius 1 is 0.964 bits per heavy atom. The van der Waals surface area contributed by atoms with E-state index in [1.807, 2.05) is 50.3 Å². The molecule has 0 aliphatic carbocycles. The summed E-state index contributed by atoms with van der Waals surface area (Å²) in [5.74, 6) is 1.85. The lowest BCUT2D eigenvalue weighted by atomic mass is 10.1. The van der Waals surface area contributed by atoms with Crippen molar-refractivity contribution in [2.24, 2.45) is 5.16 Å². The van der Waals surface area contributed by atoms with Gasteiger partial charge in [-0.15, -0.1) is 0 Å². The molecule has 5 nitrogen and oxygen atoms in total. The molecule has 0 unspecified atom stereocenters. The van der Waals surface area contributed by atoms with Crippen molar-refractivity contribution in [3.63, 3.8) is 0 Å². The molecule has 0 saturated carbocycles. The van der Waals surface area contributed by atoms with Gasteiger partial charge in [-0.05, 0) is 76.3 Å². The Morgan fingerprint density at radius 3 is 2.36 bits per heavy atom. The van der Waals surface area contributed by atoms with Gasteiger partial charge in [-0.25, -0.2) is 0 Å². The van der Waals surface area contributed by atoms with Crippen molar-refractivity contribution < 1.29 is 19.0 Å². The van der Waals surface area contributed by atoms with Crippen LogP contribution < -0.4 is 9.47 Å². The van der Waals surface area contributed by atoms with Crippen LogP contribution in [0, 0.1) is 13.8 Å². The summed E-state index contributed by atoms with van der Waals surface area (Å²) in [4.78, 5) is 4.68. The lowest BCUT2D eigenvalue weighted by Gasteiger charge is -2.14. The number of hydrogen-bond acceptors (Lipinski definition) is 5. The van der Waals surface area contributed by atoms with Gasteiger partial charge in [0.1, 0.15) is 25.2 Å². The van der Waals surface area contributed by atoms with E-state index in [9.17, 15) is 0 Å². The zero-order valence-electron chi connectivity index (χ0n) is 18.0. The van der Waals surface area contributed by atoms with E-state index in [4.69, 9.17) is 14.2 Å². The largest absolute Gasteiger partial charge is 0.493 e. The lowest BCUT2D eigenvalue weighted by molar-refractivity contribution is 0.155. The Bertz CT molecular complexity index is 627. The minimum atomic E-state index is 0.591. The highest BCUT2D eigenvalue weighted by Crippen LogP contribution is 2.28. The molecule has 0 radical (unpaired) electrons. The average molecular weight is 390 g/mol. The highest BCUT2D eigenvalue weighted by Gasteiger charge is 2.07. The molecule has 5 heteroatoms. The number of hydrogen-bond donors (Lipinski definition) is 0. The molecule has 0 bridgehead atoms. The number of unbranched alkanes of at least 4 members (excludes halogenated alkanes) is 2. The van der Waals surface area contributed by atoms with E-state index in [-0.39, 0.29) is 0 Å². The Hall–Kier alpha value is -2.27. The summed E-state index contributed by atoms with van der Waals surface area (Å²) in [7, 11) is 1.54. The molecule has 0 atom stereocenters. The summed E-state index contributed by atoms with van der Waals surface area (Å²) in [6.45, 7) is 10.6. The number of oxime groups is 1. The first-order valence-electron chi connectivity index (χ1n) is 9.88. The van der Waals surface area contributed by atoms with Gasteiger partial charge in [0.15, 0.2) is 0 Å². The standard InChI is InChI=1S/C23H35NO4/c1-6-7-15-27-22-17-19(2)23(20(3)18-22)28-16-10-8-9-13-26-14-11-12-21(4)24-25-5/h6-7,11-12,17-18H,8-10,13-16H2,1-5H3/b7-6+,12-11+,24-21+. The van der Waals surface area contributed by atoms with E-state index < -0.39 is 0 Å². The zero-order chi connectivity index (χ0) is 20.6. The lowest BCUT2D eigenvalue weighted by Crippen LogP contribution is -2.03. The molecule has 0 aliphatic rings. The molecule has 156 valence electrons. The van der Waals surface area contributed by atoms with Crippen LogP contribution in [0.5, 0.6) is 11.5 Å². The van der Waals surface area contributed by atoms with E-state index in [1.165, 1.54) is 7.11 Å². The van der Waals surface area contributed by atoms with Gasteiger partial charge in [-0.3, -0.25) is 0 Å². The van der Waals surface area contributed by atoms with Crippen LogP contribution in [0.25, 0.3) is 0 Å². The molecule has 28 heavy (non-hydrogen) atoms. The minimum Gasteiger partial charge on any atom is -0.493 e. The minimum absolute atomic E-state index is 0.591. The van der Waals surface area contributed by atoms with Crippen LogP contribution in [0.3, 0.4) is 0 Å². The molecule has 0 aromatic heterocycles. The molecular weight excluding hydrogens is 354 g/mol. The van der Waals surface area contributed by atoms with Crippen molar-refractivity contribution >= 4 is 5.71 Å². The summed E-state index contributed by atoms with van der Waals surface area (Å²) in [6, 6.07) is 4.07.